The molecule has 1 saturated heterocycles. The van der Waals surface area contributed by atoms with Crippen LogP contribution in [0.5, 0.6) is 5.75 Å². The van der Waals surface area contributed by atoms with Gasteiger partial charge in [-0.3, -0.25) is 19.3 Å². The molecule has 1 fully saturated rings. The zero-order valence-corrected chi connectivity index (χ0v) is 20.4. The molecule has 0 radical (unpaired) electrons. The van der Waals surface area contributed by atoms with Crippen molar-refractivity contribution >= 4 is 67.4 Å². The van der Waals surface area contributed by atoms with Crippen LogP contribution in [0, 0.1) is 0 Å². The number of nitrogens with zero attached hydrogens (tertiary/aromatic N) is 1. The van der Waals surface area contributed by atoms with Crippen LogP contribution in [-0.4, -0.2) is 47.5 Å². The number of ether oxygens (including phenoxy) is 1. The molecule has 2 heterocycles. The molecule has 0 spiro atoms. The Bertz CT molecular complexity index is 1290. The molecule has 4 rings (SSSR count). The number of hydrogen-bond donors (Lipinski definition) is 3. The van der Waals surface area contributed by atoms with Gasteiger partial charge in [0, 0.05) is 17.5 Å². The van der Waals surface area contributed by atoms with Crippen LogP contribution in [0.2, 0.25) is 10.0 Å². The first-order valence-electron chi connectivity index (χ1n) is 10.4. The molecule has 0 unspecified atom stereocenters. The third-order valence-electron chi connectivity index (χ3n) is 5.76. The fourth-order valence-corrected chi connectivity index (χ4v) is 5.76. The lowest BCUT2D eigenvalue weighted by molar-refractivity contribution is -0.146. The van der Waals surface area contributed by atoms with Crippen molar-refractivity contribution in [2.24, 2.45) is 5.73 Å². The summed E-state index contributed by atoms with van der Waals surface area (Å²) >= 11 is 13.2. The van der Waals surface area contributed by atoms with Gasteiger partial charge in [-0.25, -0.2) is 0 Å². The summed E-state index contributed by atoms with van der Waals surface area (Å²) in [5, 5.41) is 13.2. The second-order valence-corrected chi connectivity index (χ2v) is 9.68. The lowest BCUT2D eigenvalue weighted by Crippen LogP contribution is -2.36. The van der Waals surface area contributed by atoms with Crippen LogP contribution in [0.15, 0.2) is 30.3 Å². The van der Waals surface area contributed by atoms with Gasteiger partial charge < -0.3 is 20.9 Å². The molecule has 0 saturated carbocycles. The number of anilines is 1. The smallest absolute Gasteiger partial charge is 0.323 e. The van der Waals surface area contributed by atoms with E-state index in [0.29, 0.717) is 22.2 Å². The standard InChI is InChI=1S/C23H21Cl2N3O5S/c1-33-23(32)15-3-2-8-28(15)10-11-4-6-12(7-5-11)21(31)27-22-16(20(26)30)13-9-14(24)18(29)17(25)19(13)34-22/h4-7,9,15,29H,2-3,8,10H2,1H3,(H2,26,30)(H,27,31)/t15-/m1/s1. The van der Waals surface area contributed by atoms with Gasteiger partial charge in [-0.15, -0.1) is 11.3 Å². The molecule has 1 aliphatic rings. The summed E-state index contributed by atoms with van der Waals surface area (Å²) in [4.78, 5) is 39.0. The molecule has 1 aliphatic heterocycles. The Morgan fingerprint density at radius 3 is 2.62 bits per heavy atom. The van der Waals surface area contributed by atoms with Crippen molar-refractivity contribution in [3.8, 4) is 5.75 Å². The molecule has 11 heteroatoms. The molecule has 0 aliphatic carbocycles. The van der Waals surface area contributed by atoms with E-state index < -0.39 is 11.8 Å². The number of nitrogens with two attached hydrogens (primary N) is 1. The van der Waals surface area contributed by atoms with E-state index in [1.807, 2.05) is 12.1 Å². The van der Waals surface area contributed by atoms with Gasteiger partial charge in [0.05, 0.1) is 22.4 Å². The highest BCUT2D eigenvalue weighted by molar-refractivity contribution is 7.24. The maximum Gasteiger partial charge on any atom is 0.323 e. The SMILES string of the molecule is COC(=O)[C@H]1CCCN1Cc1ccc(C(=O)Nc2sc3c(Cl)c(O)c(Cl)cc3c2C(N)=O)cc1. The van der Waals surface area contributed by atoms with Gasteiger partial charge in [-0.2, -0.15) is 0 Å². The van der Waals surface area contributed by atoms with Crippen molar-refractivity contribution in [2.75, 3.05) is 19.0 Å². The van der Waals surface area contributed by atoms with E-state index in [9.17, 15) is 19.5 Å². The molecule has 1 aromatic heterocycles. The van der Waals surface area contributed by atoms with Crippen LogP contribution in [0.3, 0.4) is 0 Å². The van der Waals surface area contributed by atoms with Crippen LogP contribution in [0.1, 0.15) is 39.1 Å². The average Bonchev–Trinajstić information content (AvgIpc) is 3.42. The minimum Gasteiger partial charge on any atom is -0.505 e. The molecule has 0 bridgehead atoms. The number of primary amides is 1. The van der Waals surface area contributed by atoms with Gasteiger partial charge in [0.2, 0.25) is 0 Å². The summed E-state index contributed by atoms with van der Waals surface area (Å²) in [6, 6.07) is 8.10. The first-order chi connectivity index (χ1) is 16.2. The number of thiophene rings is 1. The number of carbonyl (C=O) groups excluding carboxylic acids is 3. The number of phenols is 1. The largest absolute Gasteiger partial charge is 0.505 e. The van der Waals surface area contributed by atoms with Gasteiger partial charge in [0.15, 0.2) is 5.75 Å². The Morgan fingerprint density at radius 2 is 1.97 bits per heavy atom. The Hall–Kier alpha value is -2.85. The molecule has 4 N–H and O–H groups in total. The second kappa shape index (κ2) is 9.79. The number of rotatable bonds is 6. The zero-order chi connectivity index (χ0) is 24.6. The van der Waals surface area contributed by atoms with E-state index in [1.165, 1.54) is 13.2 Å². The normalized spacial score (nSPS) is 16.0. The number of amides is 2. The fourth-order valence-electron chi connectivity index (χ4n) is 4.07. The number of fused-ring (bicyclic) bond motifs is 1. The van der Waals surface area contributed by atoms with Crippen LogP contribution in [0.25, 0.3) is 10.1 Å². The number of likely N-dealkylation sites (tertiary alicyclic amines) is 1. The Balaban J connectivity index is 1.54. The summed E-state index contributed by atoms with van der Waals surface area (Å²) in [7, 11) is 1.39. The third kappa shape index (κ3) is 4.56. The molecule has 2 amide bonds. The zero-order valence-electron chi connectivity index (χ0n) is 18.1. The Labute approximate surface area is 209 Å². The van der Waals surface area contributed by atoms with Crippen molar-refractivity contribution in [3.63, 3.8) is 0 Å². The van der Waals surface area contributed by atoms with Crippen molar-refractivity contribution in [1.82, 2.24) is 4.90 Å². The quantitative estimate of drug-likeness (QED) is 0.413. The molecule has 3 aromatic rings. The highest BCUT2D eigenvalue weighted by atomic mass is 35.5. The minimum atomic E-state index is -0.763. The van der Waals surface area contributed by atoms with Crippen molar-refractivity contribution in [3.05, 3.63) is 57.1 Å². The van der Waals surface area contributed by atoms with Gasteiger partial charge in [0.25, 0.3) is 11.8 Å². The fraction of sp³-hybridized carbons (Fsp3) is 0.261. The third-order valence-corrected chi connectivity index (χ3v) is 7.67. The topological polar surface area (TPSA) is 122 Å². The van der Waals surface area contributed by atoms with Crippen molar-refractivity contribution in [1.29, 1.82) is 0 Å². The lowest BCUT2D eigenvalue weighted by atomic mass is 10.1. The van der Waals surface area contributed by atoms with Gasteiger partial charge in [-0.05, 0) is 43.1 Å². The summed E-state index contributed by atoms with van der Waals surface area (Å²) in [6.45, 7) is 1.36. The Kier molecular flexibility index (Phi) is 6.99. The summed E-state index contributed by atoms with van der Waals surface area (Å²) < 4.78 is 5.27. The van der Waals surface area contributed by atoms with Crippen molar-refractivity contribution in [2.45, 2.75) is 25.4 Å². The molecular weight excluding hydrogens is 501 g/mol. The van der Waals surface area contributed by atoms with Gasteiger partial charge in [0.1, 0.15) is 16.1 Å². The average molecular weight is 522 g/mol. The predicted molar refractivity (Wildman–Crippen MR) is 132 cm³/mol. The molecular formula is C23H21Cl2N3O5S. The second-order valence-electron chi connectivity index (χ2n) is 7.87. The van der Waals surface area contributed by atoms with Crippen molar-refractivity contribution < 1.29 is 24.2 Å². The minimum absolute atomic E-state index is 0.0213. The lowest BCUT2D eigenvalue weighted by Gasteiger charge is -2.22. The van der Waals surface area contributed by atoms with E-state index in [1.54, 1.807) is 12.1 Å². The number of hydrogen-bond acceptors (Lipinski definition) is 7. The van der Waals surface area contributed by atoms with Gasteiger partial charge in [-0.1, -0.05) is 35.3 Å². The van der Waals surface area contributed by atoms with E-state index in [4.69, 9.17) is 33.7 Å². The first-order valence-corrected chi connectivity index (χ1v) is 11.9. The Morgan fingerprint density at radius 1 is 1.26 bits per heavy atom. The number of esters is 1. The number of nitrogens with one attached hydrogen (secondary N) is 1. The summed E-state index contributed by atoms with van der Waals surface area (Å²) in [6.07, 6.45) is 1.68. The van der Waals surface area contributed by atoms with Gasteiger partial charge >= 0.3 is 5.97 Å². The van der Waals surface area contributed by atoms with Crippen LogP contribution in [-0.2, 0) is 16.1 Å². The van der Waals surface area contributed by atoms with E-state index in [2.05, 4.69) is 10.2 Å². The molecule has 178 valence electrons. The van der Waals surface area contributed by atoms with Crippen LogP contribution in [0.4, 0.5) is 5.00 Å². The van der Waals surface area contributed by atoms with Crippen LogP contribution < -0.4 is 11.1 Å². The molecule has 1 atom stereocenters. The van der Waals surface area contributed by atoms with Crippen LogP contribution >= 0.6 is 34.5 Å². The highest BCUT2D eigenvalue weighted by Crippen LogP contribution is 2.46. The number of halogens is 2. The molecule has 34 heavy (non-hydrogen) atoms. The molecule has 2 aromatic carbocycles. The number of benzene rings is 2. The molecule has 8 nitrogen and oxygen atoms in total. The highest BCUT2D eigenvalue weighted by Gasteiger charge is 2.31. The summed E-state index contributed by atoms with van der Waals surface area (Å²) in [5.41, 5.74) is 6.93. The summed E-state index contributed by atoms with van der Waals surface area (Å²) in [5.74, 6) is -1.76. The number of aromatic hydroxyl groups is 1. The van der Waals surface area contributed by atoms with E-state index in [0.717, 1.165) is 36.3 Å². The maximum atomic E-state index is 12.9. The first kappa shape index (κ1) is 24.3. The monoisotopic (exact) mass is 521 g/mol. The van der Waals surface area contributed by atoms with E-state index in [-0.39, 0.29) is 38.4 Å². The predicted octanol–water partition coefficient (Wildman–Crippen LogP) is 4.40. The van der Waals surface area contributed by atoms with E-state index >= 15 is 0 Å². The number of carbonyl (C=O) groups is 3. The maximum absolute atomic E-state index is 12.9. The number of methoxy groups -OCH3 is 1. The number of phenolic OH excluding ortho intramolecular Hbond substituents is 1.